The average molecular weight is 713 g/mol. The van der Waals surface area contributed by atoms with Crippen LogP contribution in [0.25, 0.3) is 12.2 Å². The number of urea groups is 1. The number of fused-ring (bicyclic) bond motifs is 2. The Hall–Kier alpha value is -6.27. The summed E-state index contributed by atoms with van der Waals surface area (Å²) in [4.78, 5) is 37.9. The zero-order valence-electron chi connectivity index (χ0n) is 25.4. The summed E-state index contributed by atoms with van der Waals surface area (Å²) in [6.07, 6.45) is 2.10. The van der Waals surface area contributed by atoms with E-state index in [0.717, 1.165) is 12.2 Å². The number of rotatable bonds is 8. The van der Waals surface area contributed by atoms with Crippen molar-refractivity contribution in [1.82, 2.24) is 0 Å². The van der Waals surface area contributed by atoms with Crippen molar-refractivity contribution in [2.45, 2.75) is 0 Å². The van der Waals surface area contributed by atoms with Crippen molar-refractivity contribution in [1.29, 1.82) is 0 Å². The van der Waals surface area contributed by atoms with Crippen LogP contribution in [0.4, 0.5) is 27.5 Å². The molecule has 2 aliphatic carbocycles. The maximum absolute atomic E-state index is 13.2. The lowest BCUT2D eigenvalue weighted by Crippen LogP contribution is -2.27. The van der Waals surface area contributed by atoms with Crippen LogP contribution < -0.4 is 21.5 Å². The lowest BCUT2D eigenvalue weighted by atomic mass is 9.94. The normalized spacial score (nSPS) is 15.8. The Labute approximate surface area is 284 Å². The monoisotopic (exact) mass is 712 g/mol. The number of allylic oxidation sites excluding steroid dienone is 2. The fourth-order valence-corrected chi connectivity index (χ4v) is 6.31. The Kier molecular flexibility index (Phi) is 8.96. The molecule has 2 aliphatic rings. The predicted molar refractivity (Wildman–Crippen MR) is 188 cm³/mol. The van der Waals surface area contributed by atoms with E-state index in [0.29, 0.717) is 11.4 Å². The molecular weight excluding hydrogens is 689 g/mol. The first kappa shape index (κ1) is 33.6. The summed E-state index contributed by atoms with van der Waals surface area (Å²) in [7, 11) is -9.80. The Balaban J connectivity index is 1.22. The van der Waals surface area contributed by atoms with Crippen LogP contribution in [0.2, 0.25) is 0 Å². The van der Waals surface area contributed by atoms with Crippen LogP contribution in [0.15, 0.2) is 117 Å². The van der Waals surface area contributed by atoms with Crippen LogP contribution in [0.5, 0.6) is 0 Å². The maximum atomic E-state index is 13.2. The van der Waals surface area contributed by atoms with Gasteiger partial charge in [-0.15, -0.1) is 0 Å². The highest BCUT2D eigenvalue weighted by atomic mass is 32.2. The number of para-hydroxylation sites is 2. The average Bonchev–Trinajstić information content (AvgIpc) is 3.07. The number of Topliss-reactive ketones (excluding diaryl/α,β-unsaturated/α-hetero) is 2. The molecule has 0 atom stereocenters. The second kappa shape index (κ2) is 13.3. The molecule has 50 heavy (non-hydrogen) atoms. The van der Waals surface area contributed by atoms with Gasteiger partial charge in [0.05, 0.1) is 11.4 Å². The van der Waals surface area contributed by atoms with Crippen LogP contribution in [0, 0.1) is 0 Å². The molecule has 0 spiro atoms. The molecule has 0 heterocycles. The quantitative estimate of drug-likeness (QED) is 0.104. The number of carbonyl (C=O) groups is 3. The Morgan fingerprint density at radius 1 is 0.540 bits per heavy atom. The summed E-state index contributed by atoms with van der Waals surface area (Å²) in [5.41, 5.74) is 5.59. The van der Waals surface area contributed by atoms with E-state index in [-0.39, 0.29) is 33.6 Å². The molecule has 4 aromatic rings. The van der Waals surface area contributed by atoms with Gasteiger partial charge in [-0.3, -0.25) is 29.5 Å². The third-order valence-corrected chi connectivity index (χ3v) is 9.01. The van der Waals surface area contributed by atoms with Gasteiger partial charge in [0.2, 0.25) is 11.6 Å². The molecule has 0 fully saturated rings. The van der Waals surface area contributed by atoms with E-state index < -0.39 is 59.1 Å². The number of nitrogens with zero attached hydrogens (tertiary/aromatic N) is 2. The van der Waals surface area contributed by atoms with E-state index >= 15 is 0 Å². The molecule has 6 N–H and O–H groups in total. The SMILES string of the molecule is O=C(Nc1ccc2c(c1)C=C(S(=O)(=O)O)/C(=N/Nc1ccccc1)C2=O)Nc1ccc2c(c1)C=C(S(=O)(=O)O)/C(=N/Nc1ccccc1)C2=O. The third-order valence-electron chi connectivity index (χ3n) is 7.28. The zero-order chi connectivity index (χ0) is 35.6. The number of nitrogens with one attached hydrogen (secondary N) is 4. The highest BCUT2D eigenvalue weighted by molar-refractivity contribution is 7.91. The number of carbonyl (C=O) groups excluding carboxylic acids is 3. The highest BCUT2D eigenvalue weighted by Crippen LogP contribution is 2.30. The standard InChI is InChI=1S/C33H24N6O9S2/c40-31-25-13-11-23(15-19(25)17-27(49(43,44)45)29(31)38-36-21-7-3-1-4-8-21)34-33(42)35-24-12-14-26-20(16-24)18-28(50(46,47)48)30(32(26)41)39-37-22-9-5-2-6-10-22/h1-18,36-37H,(H2,34,35,42)(H,43,44,45)(H,46,47,48)/b38-29-,39-30-. The molecule has 4 aromatic carbocycles. The molecule has 0 saturated carbocycles. The number of ketones is 2. The topological polar surface area (TPSA) is 233 Å². The number of hydrazone groups is 2. The summed E-state index contributed by atoms with van der Waals surface area (Å²) in [6.45, 7) is 0. The number of amides is 2. The minimum Gasteiger partial charge on any atom is -0.308 e. The van der Waals surface area contributed by atoms with E-state index in [9.17, 15) is 40.3 Å². The van der Waals surface area contributed by atoms with Crippen molar-refractivity contribution in [3.05, 3.63) is 129 Å². The summed E-state index contributed by atoms with van der Waals surface area (Å²) >= 11 is 0. The summed E-state index contributed by atoms with van der Waals surface area (Å²) in [5.74, 6) is -1.58. The van der Waals surface area contributed by atoms with Crippen LogP contribution in [0.1, 0.15) is 31.8 Å². The van der Waals surface area contributed by atoms with E-state index in [4.69, 9.17) is 0 Å². The van der Waals surface area contributed by atoms with Crippen molar-refractivity contribution in [2.75, 3.05) is 21.5 Å². The van der Waals surface area contributed by atoms with Crippen LogP contribution in [-0.2, 0) is 20.2 Å². The van der Waals surface area contributed by atoms with Crippen LogP contribution in [-0.4, -0.2) is 55.0 Å². The van der Waals surface area contributed by atoms with E-state index in [2.05, 4.69) is 31.7 Å². The fourth-order valence-electron chi connectivity index (χ4n) is 5.00. The van der Waals surface area contributed by atoms with Gasteiger partial charge in [-0.05, 0) is 83.9 Å². The van der Waals surface area contributed by atoms with Crippen molar-refractivity contribution in [3.8, 4) is 0 Å². The Morgan fingerprint density at radius 3 is 1.28 bits per heavy atom. The lowest BCUT2D eigenvalue weighted by Gasteiger charge is -2.18. The molecule has 2 amide bonds. The predicted octanol–water partition coefficient (Wildman–Crippen LogP) is 5.12. The largest absolute Gasteiger partial charge is 0.323 e. The molecule has 0 aromatic heterocycles. The van der Waals surface area contributed by atoms with Crippen LogP contribution in [0.3, 0.4) is 0 Å². The van der Waals surface area contributed by atoms with Gasteiger partial charge in [0.25, 0.3) is 20.2 Å². The first-order valence-corrected chi connectivity index (χ1v) is 17.3. The summed E-state index contributed by atoms with van der Waals surface area (Å²) < 4.78 is 68.5. The highest BCUT2D eigenvalue weighted by Gasteiger charge is 2.34. The van der Waals surface area contributed by atoms with E-state index in [1.807, 2.05) is 0 Å². The molecule has 0 radical (unpaired) electrons. The zero-order valence-corrected chi connectivity index (χ0v) is 27.0. The first-order chi connectivity index (χ1) is 23.8. The Morgan fingerprint density at radius 2 is 0.920 bits per heavy atom. The number of hydrogen-bond donors (Lipinski definition) is 6. The van der Waals surface area contributed by atoms with Gasteiger partial charge in [-0.1, -0.05) is 36.4 Å². The number of hydrogen-bond acceptors (Lipinski definition) is 11. The molecule has 0 unspecified atom stereocenters. The maximum Gasteiger partial charge on any atom is 0.323 e. The number of benzene rings is 4. The molecule has 17 heteroatoms. The minimum absolute atomic E-state index is 0.0552. The van der Waals surface area contributed by atoms with Crippen molar-refractivity contribution < 1.29 is 40.3 Å². The first-order valence-electron chi connectivity index (χ1n) is 14.4. The van der Waals surface area contributed by atoms with Crippen molar-refractivity contribution in [3.63, 3.8) is 0 Å². The molecular formula is C33H24N6O9S2. The second-order valence-electron chi connectivity index (χ2n) is 10.7. The molecule has 0 bridgehead atoms. The third kappa shape index (κ3) is 7.25. The van der Waals surface area contributed by atoms with Crippen molar-refractivity contribution >= 4 is 84.2 Å². The molecule has 0 aliphatic heterocycles. The van der Waals surface area contributed by atoms with Gasteiger partial charge in [0.15, 0.2) is 11.4 Å². The van der Waals surface area contributed by atoms with Gasteiger partial charge in [-0.2, -0.15) is 27.0 Å². The van der Waals surface area contributed by atoms with Gasteiger partial charge >= 0.3 is 6.03 Å². The van der Waals surface area contributed by atoms with Gasteiger partial charge < -0.3 is 10.6 Å². The number of anilines is 4. The summed E-state index contributed by atoms with van der Waals surface area (Å²) in [5, 5.41) is 12.9. The smallest absolute Gasteiger partial charge is 0.308 e. The minimum atomic E-state index is -4.90. The summed E-state index contributed by atoms with van der Waals surface area (Å²) in [6, 6.07) is 24.2. The molecule has 0 saturated heterocycles. The second-order valence-corrected chi connectivity index (χ2v) is 13.5. The van der Waals surface area contributed by atoms with Gasteiger partial charge in [-0.25, -0.2) is 4.79 Å². The molecule has 15 nitrogen and oxygen atoms in total. The molecule has 6 rings (SSSR count). The van der Waals surface area contributed by atoms with Gasteiger partial charge in [0, 0.05) is 22.5 Å². The van der Waals surface area contributed by atoms with Crippen molar-refractivity contribution in [2.24, 2.45) is 10.2 Å². The van der Waals surface area contributed by atoms with Crippen LogP contribution >= 0.6 is 0 Å². The van der Waals surface area contributed by atoms with Gasteiger partial charge in [0.1, 0.15) is 9.81 Å². The Bertz CT molecular complexity index is 2260. The lowest BCUT2D eigenvalue weighted by molar-refractivity contribution is 0.105. The van der Waals surface area contributed by atoms with E-state index in [1.54, 1.807) is 60.7 Å². The molecule has 252 valence electrons. The fraction of sp³-hybridized carbons (Fsp3) is 0. The van der Waals surface area contributed by atoms with E-state index in [1.165, 1.54) is 36.4 Å².